The highest BCUT2D eigenvalue weighted by Crippen LogP contribution is 2.32. The van der Waals surface area contributed by atoms with Crippen LogP contribution < -0.4 is 14.2 Å². The van der Waals surface area contributed by atoms with Crippen LogP contribution in [-0.4, -0.2) is 35.4 Å². The second kappa shape index (κ2) is 7.47. The molecule has 0 atom stereocenters. The second-order valence-electron chi connectivity index (χ2n) is 4.69. The summed E-state index contributed by atoms with van der Waals surface area (Å²) in [4.78, 5) is 8.52. The van der Waals surface area contributed by atoms with Crippen molar-refractivity contribution in [2.24, 2.45) is 0 Å². The maximum Gasteiger partial charge on any atom is 0.261 e. The number of hydrogen-bond acceptors (Lipinski definition) is 7. The third-order valence-corrected chi connectivity index (χ3v) is 3.06. The van der Waals surface area contributed by atoms with E-state index in [1.807, 2.05) is 6.07 Å². The van der Waals surface area contributed by atoms with E-state index < -0.39 is 0 Å². The van der Waals surface area contributed by atoms with Gasteiger partial charge in [-0.3, -0.25) is 0 Å². The van der Waals surface area contributed by atoms with Crippen LogP contribution in [0.2, 0.25) is 0 Å². The summed E-state index contributed by atoms with van der Waals surface area (Å²) in [5, 5.41) is 8.99. The van der Waals surface area contributed by atoms with Crippen molar-refractivity contribution in [1.82, 2.24) is 9.97 Å². The number of hydrogen-bond donors (Lipinski definition) is 1. The molecule has 1 N–H and O–H groups in total. The fourth-order valence-electron chi connectivity index (χ4n) is 1.99. The quantitative estimate of drug-likeness (QED) is 0.713. The zero-order valence-corrected chi connectivity index (χ0v) is 13.0. The van der Waals surface area contributed by atoms with E-state index in [1.54, 1.807) is 37.4 Å². The van der Waals surface area contributed by atoms with Gasteiger partial charge in [0.15, 0.2) is 11.6 Å². The van der Waals surface area contributed by atoms with E-state index in [2.05, 4.69) is 9.97 Å². The van der Waals surface area contributed by atoms with Gasteiger partial charge in [-0.05, 0) is 24.3 Å². The Bertz CT molecular complexity index is 789. The lowest BCUT2D eigenvalue weighted by molar-refractivity contribution is 0.192. The average Bonchev–Trinajstić information content (AvgIpc) is 3.15. The summed E-state index contributed by atoms with van der Waals surface area (Å²) in [6, 6.07) is 10.6. The molecule has 0 saturated carbocycles. The second-order valence-corrected chi connectivity index (χ2v) is 4.69. The van der Waals surface area contributed by atoms with Crippen LogP contribution in [0.4, 0.5) is 0 Å². The van der Waals surface area contributed by atoms with Gasteiger partial charge in [0.05, 0.1) is 26.2 Å². The fraction of sp³-hybridized carbons (Fsp3) is 0.176. The summed E-state index contributed by atoms with van der Waals surface area (Å²) in [5.41, 5.74) is 0. The molecule has 7 nitrogen and oxygen atoms in total. The van der Waals surface area contributed by atoms with Gasteiger partial charge in [0.1, 0.15) is 18.1 Å². The molecule has 124 valence electrons. The molecule has 1 aromatic carbocycles. The third kappa shape index (κ3) is 3.64. The lowest BCUT2D eigenvalue weighted by Crippen LogP contribution is -2.05. The van der Waals surface area contributed by atoms with E-state index in [0.29, 0.717) is 28.8 Å². The monoisotopic (exact) mass is 328 g/mol. The molecule has 0 amide bonds. The van der Waals surface area contributed by atoms with Gasteiger partial charge >= 0.3 is 0 Å². The average molecular weight is 328 g/mol. The largest absolute Gasteiger partial charge is 0.497 e. The normalized spacial score (nSPS) is 10.4. The maximum absolute atomic E-state index is 8.99. The molecular weight excluding hydrogens is 312 g/mol. The number of benzene rings is 1. The van der Waals surface area contributed by atoms with Gasteiger partial charge in [-0.25, -0.2) is 4.98 Å². The molecular formula is C17H16N2O5. The van der Waals surface area contributed by atoms with Gasteiger partial charge in [0, 0.05) is 6.07 Å². The Hall–Kier alpha value is -3.06. The molecule has 3 rings (SSSR count). The first-order valence-electron chi connectivity index (χ1n) is 7.26. The molecule has 2 heterocycles. The first-order valence-corrected chi connectivity index (χ1v) is 7.26. The summed E-state index contributed by atoms with van der Waals surface area (Å²) < 4.78 is 21.7. The van der Waals surface area contributed by atoms with Gasteiger partial charge < -0.3 is 23.7 Å². The molecule has 0 spiro atoms. The predicted octanol–water partition coefficient (Wildman–Crippen LogP) is 2.91. The highest BCUT2D eigenvalue weighted by Gasteiger charge is 2.14. The lowest BCUT2D eigenvalue weighted by Gasteiger charge is -2.12. The summed E-state index contributed by atoms with van der Waals surface area (Å²) in [6.07, 6.45) is 3.03. The predicted molar refractivity (Wildman–Crippen MR) is 85.4 cm³/mol. The van der Waals surface area contributed by atoms with Crippen molar-refractivity contribution in [3.63, 3.8) is 0 Å². The van der Waals surface area contributed by atoms with E-state index >= 15 is 0 Å². The van der Waals surface area contributed by atoms with Crippen LogP contribution in [0, 0.1) is 0 Å². The zero-order valence-electron chi connectivity index (χ0n) is 13.0. The van der Waals surface area contributed by atoms with Crippen molar-refractivity contribution in [2.75, 3.05) is 20.3 Å². The minimum atomic E-state index is -0.140. The SMILES string of the molecule is COc1cccc(Oc2cnc(-c3ccco3)nc2OCCO)c1. The van der Waals surface area contributed by atoms with Crippen molar-refractivity contribution in [2.45, 2.75) is 0 Å². The van der Waals surface area contributed by atoms with Crippen LogP contribution in [0.25, 0.3) is 11.6 Å². The van der Waals surface area contributed by atoms with Gasteiger partial charge in [0.25, 0.3) is 5.88 Å². The topological polar surface area (TPSA) is 86.8 Å². The number of methoxy groups -OCH3 is 1. The molecule has 0 unspecified atom stereocenters. The van der Waals surface area contributed by atoms with E-state index in [9.17, 15) is 0 Å². The maximum atomic E-state index is 8.99. The van der Waals surface area contributed by atoms with E-state index in [0.717, 1.165) is 0 Å². The third-order valence-electron chi connectivity index (χ3n) is 3.06. The molecule has 3 aromatic rings. The molecule has 24 heavy (non-hydrogen) atoms. The van der Waals surface area contributed by atoms with Crippen molar-refractivity contribution >= 4 is 0 Å². The Morgan fingerprint density at radius 3 is 2.79 bits per heavy atom. The van der Waals surface area contributed by atoms with Gasteiger partial charge in [0.2, 0.25) is 5.75 Å². The molecule has 0 radical (unpaired) electrons. The van der Waals surface area contributed by atoms with E-state index in [4.69, 9.17) is 23.7 Å². The van der Waals surface area contributed by atoms with Gasteiger partial charge in [-0.15, -0.1) is 0 Å². The molecule has 0 bridgehead atoms. The number of rotatable bonds is 7. The first kappa shape index (κ1) is 15.8. The summed E-state index contributed by atoms with van der Waals surface area (Å²) >= 11 is 0. The molecule has 0 saturated heterocycles. The number of aromatic nitrogens is 2. The van der Waals surface area contributed by atoms with E-state index in [-0.39, 0.29) is 19.1 Å². The highest BCUT2D eigenvalue weighted by molar-refractivity contribution is 5.50. The van der Waals surface area contributed by atoms with Crippen molar-refractivity contribution in [1.29, 1.82) is 0 Å². The van der Waals surface area contributed by atoms with E-state index in [1.165, 1.54) is 12.5 Å². The zero-order chi connectivity index (χ0) is 16.8. The molecule has 0 aliphatic heterocycles. The number of aliphatic hydroxyl groups is 1. The minimum absolute atomic E-state index is 0.0864. The summed E-state index contributed by atoms with van der Waals surface area (Å²) in [5.74, 6) is 2.64. The molecule has 0 aliphatic carbocycles. The lowest BCUT2D eigenvalue weighted by atomic mass is 10.3. The van der Waals surface area contributed by atoms with Crippen LogP contribution in [0.3, 0.4) is 0 Å². The van der Waals surface area contributed by atoms with Crippen LogP contribution in [0.1, 0.15) is 0 Å². The fourth-order valence-corrected chi connectivity index (χ4v) is 1.99. The van der Waals surface area contributed by atoms with Crippen LogP contribution in [0.15, 0.2) is 53.3 Å². The molecule has 7 heteroatoms. The number of aliphatic hydroxyl groups excluding tert-OH is 1. The van der Waals surface area contributed by atoms with Gasteiger partial charge in [-0.1, -0.05) is 6.07 Å². The smallest absolute Gasteiger partial charge is 0.261 e. The van der Waals surface area contributed by atoms with Crippen molar-refractivity contribution in [3.05, 3.63) is 48.9 Å². The number of furan rings is 1. The molecule has 0 fully saturated rings. The number of ether oxygens (including phenoxy) is 3. The van der Waals surface area contributed by atoms with Crippen molar-refractivity contribution < 1.29 is 23.7 Å². The standard InChI is InChI=1S/C17H16N2O5/c1-21-12-4-2-5-13(10-12)24-15-11-18-16(14-6-3-8-22-14)19-17(15)23-9-7-20/h2-6,8,10-11,20H,7,9H2,1H3. The Kier molecular flexibility index (Phi) is 4.93. The van der Waals surface area contributed by atoms with Crippen molar-refractivity contribution in [3.8, 4) is 34.7 Å². The highest BCUT2D eigenvalue weighted by atomic mass is 16.5. The van der Waals surface area contributed by atoms with Crippen LogP contribution in [-0.2, 0) is 0 Å². The molecule has 0 aliphatic rings. The Morgan fingerprint density at radius 2 is 2.04 bits per heavy atom. The summed E-state index contributed by atoms with van der Waals surface area (Å²) in [7, 11) is 1.58. The van der Waals surface area contributed by atoms with Gasteiger partial charge in [-0.2, -0.15) is 4.98 Å². The first-order chi connectivity index (χ1) is 11.8. The Balaban J connectivity index is 1.90. The van der Waals surface area contributed by atoms with Crippen LogP contribution in [0.5, 0.6) is 23.1 Å². The Labute approximate surface area is 138 Å². The summed E-state index contributed by atoms with van der Waals surface area (Å²) in [6.45, 7) is -0.0538. The number of nitrogens with zero attached hydrogens (tertiary/aromatic N) is 2. The van der Waals surface area contributed by atoms with Crippen LogP contribution >= 0.6 is 0 Å². The Morgan fingerprint density at radius 1 is 1.17 bits per heavy atom. The minimum Gasteiger partial charge on any atom is -0.497 e. The molecule has 2 aromatic heterocycles.